The van der Waals surface area contributed by atoms with E-state index in [4.69, 9.17) is 16.3 Å². The van der Waals surface area contributed by atoms with Gasteiger partial charge in [0.2, 0.25) is 5.91 Å². The Balaban J connectivity index is 2.00. The van der Waals surface area contributed by atoms with E-state index in [1.807, 2.05) is 36.4 Å². The zero-order valence-corrected chi connectivity index (χ0v) is 14.3. The van der Waals surface area contributed by atoms with Gasteiger partial charge in [0.05, 0.1) is 7.11 Å². The molecule has 0 aliphatic rings. The fourth-order valence-corrected chi connectivity index (χ4v) is 2.47. The van der Waals surface area contributed by atoms with Crippen LogP contribution in [0, 0.1) is 0 Å². The second-order valence-electron chi connectivity index (χ2n) is 4.53. The summed E-state index contributed by atoms with van der Waals surface area (Å²) in [4.78, 5) is 11.9. The number of hydrogen-bond acceptors (Lipinski definition) is 2. The number of rotatable bonds is 5. The monoisotopic (exact) mass is 379 g/mol. The highest BCUT2D eigenvalue weighted by molar-refractivity contribution is 9.10. The molecule has 1 N–H and O–H groups in total. The average Bonchev–Trinajstić information content (AvgIpc) is 2.52. The molecule has 2 aromatic rings. The summed E-state index contributed by atoms with van der Waals surface area (Å²) in [5, 5.41) is 3.44. The Labute approximate surface area is 143 Å². The van der Waals surface area contributed by atoms with Gasteiger partial charge >= 0.3 is 0 Å². The van der Waals surface area contributed by atoms with E-state index in [9.17, 15) is 4.79 Å². The van der Waals surface area contributed by atoms with Crippen molar-refractivity contribution in [1.82, 2.24) is 5.32 Å². The number of hydrogen-bond donors (Lipinski definition) is 1. The molecule has 0 fully saturated rings. The minimum Gasteiger partial charge on any atom is -0.496 e. The third-order valence-electron chi connectivity index (χ3n) is 3.02. The lowest BCUT2D eigenvalue weighted by atomic mass is 10.2. The normalized spacial score (nSPS) is 10.7. The molecule has 22 heavy (non-hydrogen) atoms. The minimum atomic E-state index is -0.193. The Hall–Kier alpha value is -1.78. The van der Waals surface area contributed by atoms with Gasteiger partial charge in [0, 0.05) is 27.7 Å². The second kappa shape index (κ2) is 8.01. The van der Waals surface area contributed by atoms with Crippen LogP contribution in [0.2, 0.25) is 5.02 Å². The summed E-state index contributed by atoms with van der Waals surface area (Å²) in [5.74, 6) is 0.514. The molecular weight excluding hydrogens is 366 g/mol. The van der Waals surface area contributed by atoms with E-state index in [0.29, 0.717) is 17.3 Å². The summed E-state index contributed by atoms with van der Waals surface area (Å²) in [6.07, 6.45) is 3.19. The first-order valence-corrected chi connectivity index (χ1v) is 7.80. The number of benzene rings is 2. The van der Waals surface area contributed by atoms with Crippen LogP contribution in [0.25, 0.3) is 6.08 Å². The molecule has 0 aliphatic heterocycles. The highest BCUT2D eigenvalue weighted by Gasteiger charge is 2.03. The van der Waals surface area contributed by atoms with E-state index < -0.39 is 0 Å². The van der Waals surface area contributed by atoms with E-state index in [0.717, 1.165) is 15.6 Å². The molecule has 0 radical (unpaired) electrons. The first-order valence-electron chi connectivity index (χ1n) is 6.63. The average molecular weight is 381 g/mol. The maximum Gasteiger partial charge on any atom is 0.244 e. The van der Waals surface area contributed by atoms with Gasteiger partial charge in [0.25, 0.3) is 0 Å². The van der Waals surface area contributed by atoms with Crippen molar-refractivity contribution in [1.29, 1.82) is 0 Å². The Morgan fingerprint density at radius 3 is 2.82 bits per heavy atom. The van der Waals surface area contributed by atoms with E-state index in [-0.39, 0.29) is 5.91 Å². The van der Waals surface area contributed by atoms with E-state index >= 15 is 0 Å². The van der Waals surface area contributed by atoms with Crippen LogP contribution in [0.4, 0.5) is 0 Å². The summed E-state index contributed by atoms with van der Waals surface area (Å²) in [6, 6.07) is 13.0. The number of amides is 1. The highest BCUT2D eigenvalue weighted by Crippen LogP contribution is 2.24. The van der Waals surface area contributed by atoms with Crippen LogP contribution in [-0.4, -0.2) is 13.0 Å². The predicted molar refractivity (Wildman–Crippen MR) is 93.0 cm³/mol. The van der Waals surface area contributed by atoms with Crippen LogP contribution >= 0.6 is 27.5 Å². The van der Waals surface area contributed by atoms with E-state index in [2.05, 4.69) is 21.2 Å². The van der Waals surface area contributed by atoms with Crippen LogP contribution in [0.5, 0.6) is 5.75 Å². The van der Waals surface area contributed by atoms with Gasteiger partial charge in [-0.15, -0.1) is 0 Å². The maximum atomic E-state index is 11.9. The van der Waals surface area contributed by atoms with Crippen molar-refractivity contribution in [2.24, 2.45) is 0 Å². The van der Waals surface area contributed by atoms with Gasteiger partial charge in [-0.3, -0.25) is 4.79 Å². The SMILES string of the molecule is COc1ccc(Br)cc1C=CC(=O)NCc1ccccc1Cl. The van der Waals surface area contributed by atoms with Crippen molar-refractivity contribution in [2.75, 3.05) is 7.11 Å². The van der Waals surface area contributed by atoms with Gasteiger partial charge in [0.1, 0.15) is 5.75 Å². The summed E-state index contributed by atoms with van der Waals surface area (Å²) in [6.45, 7) is 0.387. The van der Waals surface area contributed by atoms with Crippen molar-refractivity contribution >= 4 is 39.5 Å². The zero-order valence-electron chi connectivity index (χ0n) is 12.0. The quantitative estimate of drug-likeness (QED) is 0.779. The molecule has 0 saturated heterocycles. The molecule has 0 aliphatic carbocycles. The molecule has 1 amide bonds. The predicted octanol–water partition coefficient (Wildman–Crippen LogP) is 4.44. The number of methoxy groups -OCH3 is 1. The molecule has 114 valence electrons. The van der Waals surface area contributed by atoms with Crippen LogP contribution in [0.1, 0.15) is 11.1 Å². The van der Waals surface area contributed by atoms with Crippen LogP contribution in [-0.2, 0) is 11.3 Å². The van der Waals surface area contributed by atoms with Gasteiger partial charge < -0.3 is 10.1 Å². The van der Waals surface area contributed by atoms with Crippen LogP contribution < -0.4 is 10.1 Å². The molecule has 3 nitrogen and oxygen atoms in total. The number of carbonyl (C=O) groups excluding carboxylic acids is 1. The largest absolute Gasteiger partial charge is 0.496 e. The lowest BCUT2D eigenvalue weighted by molar-refractivity contribution is -0.116. The zero-order chi connectivity index (χ0) is 15.9. The summed E-state index contributed by atoms with van der Waals surface area (Å²) >= 11 is 9.44. The van der Waals surface area contributed by atoms with Gasteiger partial charge in [0.15, 0.2) is 0 Å². The molecule has 0 aromatic heterocycles. The van der Waals surface area contributed by atoms with Crippen molar-refractivity contribution < 1.29 is 9.53 Å². The standard InChI is InChI=1S/C17H15BrClNO2/c1-22-16-8-7-14(18)10-12(16)6-9-17(21)20-11-13-4-2-3-5-15(13)19/h2-10H,11H2,1H3,(H,20,21). The number of halogens is 2. The van der Waals surface area contributed by atoms with E-state index in [1.165, 1.54) is 6.08 Å². The molecule has 0 spiro atoms. The number of carbonyl (C=O) groups is 1. The third kappa shape index (κ3) is 4.61. The maximum absolute atomic E-state index is 11.9. The Morgan fingerprint density at radius 2 is 2.09 bits per heavy atom. The smallest absolute Gasteiger partial charge is 0.244 e. The first kappa shape index (κ1) is 16.6. The molecule has 0 saturated carbocycles. The summed E-state index contributed by atoms with van der Waals surface area (Å²) in [7, 11) is 1.60. The topological polar surface area (TPSA) is 38.3 Å². The first-order chi connectivity index (χ1) is 10.6. The van der Waals surface area contributed by atoms with Crippen molar-refractivity contribution in [3.8, 4) is 5.75 Å². The molecule has 2 aromatic carbocycles. The molecular formula is C17H15BrClNO2. The molecule has 0 heterocycles. The second-order valence-corrected chi connectivity index (χ2v) is 5.85. The molecule has 0 atom stereocenters. The highest BCUT2D eigenvalue weighted by atomic mass is 79.9. The number of ether oxygens (including phenoxy) is 1. The third-order valence-corrected chi connectivity index (χ3v) is 3.88. The Morgan fingerprint density at radius 1 is 1.32 bits per heavy atom. The van der Waals surface area contributed by atoms with Gasteiger partial charge in [-0.25, -0.2) is 0 Å². The van der Waals surface area contributed by atoms with E-state index in [1.54, 1.807) is 19.3 Å². The summed E-state index contributed by atoms with van der Waals surface area (Å²) < 4.78 is 6.18. The molecule has 5 heteroatoms. The Kier molecular flexibility index (Phi) is 6.04. The van der Waals surface area contributed by atoms with Gasteiger partial charge in [-0.2, -0.15) is 0 Å². The van der Waals surface area contributed by atoms with Crippen molar-refractivity contribution in [2.45, 2.75) is 6.54 Å². The van der Waals surface area contributed by atoms with Gasteiger partial charge in [-0.05, 0) is 35.9 Å². The lowest BCUT2D eigenvalue weighted by Gasteiger charge is -2.06. The fraction of sp³-hybridized carbons (Fsp3) is 0.118. The summed E-state index contributed by atoms with van der Waals surface area (Å²) in [5.41, 5.74) is 1.70. The van der Waals surface area contributed by atoms with Crippen LogP contribution in [0.15, 0.2) is 53.0 Å². The fourth-order valence-electron chi connectivity index (χ4n) is 1.88. The minimum absolute atomic E-state index is 0.193. The molecule has 0 bridgehead atoms. The lowest BCUT2D eigenvalue weighted by Crippen LogP contribution is -2.20. The number of nitrogens with one attached hydrogen (secondary N) is 1. The van der Waals surface area contributed by atoms with Crippen molar-refractivity contribution in [3.63, 3.8) is 0 Å². The molecule has 0 unspecified atom stereocenters. The van der Waals surface area contributed by atoms with Gasteiger partial charge in [-0.1, -0.05) is 45.7 Å². The Bertz CT molecular complexity index is 701. The van der Waals surface area contributed by atoms with Crippen molar-refractivity contribution in [3.05, 3.63) is 69.2 Å². The van der Waals surface area contributed by atoms with Crippen LogP contribution in [0.3, 0.4) is 0 Å². The molecule has 2 rings (SSSR count).